The SMILES string of the molecule is CN(C)CCCCC1NC(=O)CN2CCN(CC2)Cc2cccc(c2)Nc2cc(ncn2)Nc2cccc(c2)CCNC1=O. The van der Waals surface area contributed by atoms with E-state index in [1.165, 1.54) is 5.56 Å². The summed E-state index contributed by atoms with van der Waals surface area (Å²) in [4.78, 5) is 41.9. The number of nitrogens with zero attached hydrogens (tertiary/aromatic N) is 5. The number of anilines is 4. The standard InChI is InChI=1S/C33H45N9O2/c1-40(2)14-4-3-11-29-33(44)34-13-12-25-7-5-9-27(19-25)37-30-21-31(36-24-35-30)38-28-10-6-8-26(20-28)22-41-15-17-42(18-16-41)23-32(43)39-29/h5-10,19-21,24,29H,3-4,11-18,22-23H2,1-2H3,(H,34,44)(H,39,43)(H2,35,36,37,38). The molecule has 4 heterocycles. The van der Waals surface area contributed by atoms with Crippen molar-refractivity contribution >= 4 is 34.8 Å². The second kappa shape index (κ2) is 15.6. The molecule has 3 aromatic rings. The van der Waals surface area contributed by atoms with Gasteiger partial charge < -0.3 is 26.2 Å². The van der Waals surface area contributed by atoms with Crippen LogP contribution in [0.2, 0.25) is 0 Å². The highest BCUT2D eigenvalue weighted by atomic mass is 16.2. The van der Waals surface area contributed by atoms with E-state index in [0.29, 0.717) is 37.6 Å². The molecule has 234 valence electrons. The average molecular weight is 600 g/mol. The number of nitrogens with one attached hydrogen (secondary N) is 4. The van der Waals surface area contributed by atoms with Gasteiger partial charge in [-0.1, -0.05) is 24.3 Å². The highest BCUT2D eigenvalue weighted by molar-refractivity contribution is 5.88. The van der Waals surface area contributed by atoms with Crippen molar-refractivity contribution in [3.8, 4) is 0 Å². The van der Waals surface area contributed by atoms with Crippen LogP contribution in [0.15, 0.2) is 60.9 Å². The maximum Gasteiger partial charge on any atom is 0.242 e. The molecule has 3 aliphatic rings. The second-order valence-corrected chi connectivity index (χ2v) is 12.0. The van der Waals surface area contributed by atoms with E-state index in [4.69, 9.17) is 0 Å². The molecule has 11 nitrogen and oxygen atoms in total. The number of rotatable bonds is 5. The molecule has 2 amide bonds. The van der Waals surface area contributed by atoms with Gasteiger partial charge in [0.2, 0.25) is 11.8 Å². The van der Waals surface area contributed by atoms with Crippen LogP contribution in [0.25, 0.3) is 0 Å². The smallest absolute Gasteiger partial charge is 0.242 e. The first-order valence-electron chi connectivity index (χ1n) is 15.6. The number of carbonyl (C=O) groups is 2. The van der Waals surface area contributed by atoms with Gasteiger partial charge >= 0.3 is 0 Å². The number of piperazine rings is 1. The maximum atomic E-state index is 13.3. The van der Waals surface area contributed by atoms with Gasteiger partial charge in [0.15, 0.2) is 0 Å². The van der Waals surface area contributed by atoms with Crippen molar-refractivity contribution in [2.24, 2.45) is 0 Å². The first-order valence-corrected chi connectivity index (χ1v) is 15.6. The summed E-state index contributed by atoms with van der Waals surface area (Å²) in [6, 6.07) is 17.8. The molecule has 8 bridgehead atoms. The number of hydrogen-bond acceptors (Lipinski definition) is 9. The van der Waals surface area contributed by atoms with Crippen molar-refractivity contribution in [2.75, 3.05) is 70.5 Å². The molecule has 1 unspecified atom stereocenters. The van der Waals surface area contributed by atoms with Crippen LogP contribution in [-0.4, -0.2) is 102 Å². The number of carbonyl (C=O) groups excluding carboxylic acids is 2. The molecule has 2 aromatic carbocycles. The van der Waals surface area contributed by atoms with Gasteiger partial charge in [-0.15, -0.1) is 0 Å². The lowest BCUT2D eigenvalue weighted by molar-refractivity contribution is -0.130. The van der Waals surface area contributed by atoms with E-state index in [-0.39, 0.29) is 11.8 Å². The molecule has 3 aliphatic heterocycles. The Bertz CT molecular complexity index is 1390. The summed E-state index contributed by atoms with van der Waals surface area (Å²) in [7, 11) is 4.09. The largest absolute Gasteiger partial charge is 0.354 e. The van der Waals surface area contributed by atoms with Crippen LogP contribution in [0.1, 0.15) is 30.4 Å². The van der Waals surface area contributed by atoms with Gasteiger partial charge in [0.25, 0.3) is 0 Å². The van der Waals surface area contributed by atoms with Gasteiger partial charge in [-0.05, 0) is 81.7 Å². The van der Waals surface area contributed by atoms with E-state index < -0.39 is 6.04 Å². The topological polar surface area (TPSA) is 118 Å². The third-order valence-electron chi connectivity index (χ3n) is 8.02. The van der Waals surface area contributed by atoms with Crippen LogP contribution in [0.5, 0.6) is 0 Å². The fraction of sp³-hybridized carbons (Fsp3) is 0.455. The predicted molar refractivity (Wildman–Crippen MR) is 174 cm³/mol. The summed E-state index contributed by atoms with van der Waals surface area (Å²) < 4.78 is 0. The Hall–Kier alpha value is -4.06. The van der Waals surface area contributed by atoms with Crippen molar-refractivity contribution < 1.29 is 9.59 Å². The Morgan fingerprint density at radius 3 is 2.14 bits per heavy atom. The summed E-state index contributed by atoms with van der Waals surface area (Å²) in [5, 5.41) is 12.9. The van der Waals surface area contributed by atoms with E-state index in [9.17, 15) is 9.59 Å². The molecular weight excluding hydrogens is 554 g/mol. The second-order valence-electron chi connectivity index (χ2n) is 12.0. The van der Waals surface area contributed by atoms with Crippen molar-refractivity contribution in [2.45, 2.75) is 38.3 Å². The quantitative estimate of drug-likeness (QED) is 0.329. The minimum Gasteiger partial charge on any atom is -0.354 e. The van der Waals surface area contributed by atoms with Crippen molar-refractivity contribution in [3.63, 3.8) is 0 Å². The molecule has 0 spiro atoms. The molecule has 44 heavy (non-hydrogen) atoms. The Kier molecular flexibility index (Phi) is 11.1. The fourth-order valence-corrected chi connectivity index (χ4v) is 5.65. The summed E-state index contributed by atoms with van der Waals surface area (Å²) in [5.74, 6) is 1.17. The average Bonchev–Trinajstić information content (AvgIpc) is 3.00. The molecule has 1 aromatic heterocycles. The van der Waals surface area contributed by atoms with Crippen LogP contribution >= 0.6 is 0 Å². The third kappa shape index (κ3) is 9.73. The van der Waals surface area contributed by atoms with Crippen LogP contribution in [0.4, 0.5) is 23.0 Å². The predicted octanol–water partition coefficient (Wildman–Crippen LogP) is 2.97. The first kappa shape index (κ1) is 31.4. The molecular formula is C33H45N9O2. The molecule has 4 N–H and O–H groups in total. The van der Waals surface area contributed by atoms with E-state index in [1.807, 2.05) is 44.4 Å². The van der Waals surface area contributed by atoms with Crippen molar-refractivity contribution in [3.05, 3.63) is 72.1 Å². The fourth-order valence-electron chi connectivity index (χ4n) is 5.65. The third-order valence-corrected chi connectivity index (χ3v) is 8.02. The summed E-state index contributed by atoms with van der Waals surface area (Å²) in [6.07, 6.45) is 4.67. The number of benzene rings is 2. The number of aromatic nitrogens is 2. The number of unbranched alkanes of at least 4 members (excludes halogenated alkanes) is 1. The first-order chi connectivity index (χ1) is 21.4. The van der Waals surface area contributed by atoms with E-state index in [2.05, 4.69) is 70.2 Å². The Morgan fingerprint density at radius 2 is 1.45 bits per heavy atom. The molecule has 1 saturated heterocycles. The van der Waals surface area contributed by atoms with Gasteiger partial charge in [0, 0.05) is 56.7 Å². The normalized spacial score (nSPS) is 21.4. The highest BCUT2D eigenvalue weighted by Gasteiger charge is 2.24. The molecule has 1 atom stereocenters. The Morgan fingerprint density at radius 1 is 0.818 bits per heavy atom. The summed E-state index contributed by atoms with van der Waals surface area (Å²) in [5.41, 5.74) is 4.17. The van der Waals surface area contributed by atoms with Crippen molar-refractivity contribution in [1.82, 2.24) is 35.3 Å². The van der Waals surface area contributed by atoms with Gasteiger partial charge in [0.1, 0.15) is 24.0 Å². The highest BCUT2D eigenvalue weighted by Crippen LogP contribution is 2.22. The zero-order valence-electron chi connectivity index (χ0n) is 25.9. The number of hydrogen-bond donors (Lipinski definition) is 4. The summed E-state index contributed by atoms with van der Waals surface area (Å²) >= 11 is 0. The minimum absolute atomic E-state index is 0.0938. The van der Waals surface area contributed by atoms with E-state index >= 15 is 0 Å². The zero-order chi connectivity index (χ0) is 30.7. The van der Waals surface area contributed by atoms with Crippen molar-refractivity contribution in [1.29, 1.82) is 0 Å². The van der Waals surface area contributed by atoms with Gasteiger partial charge in [-0.25, -0.2) is 9.97 Å². The van der Waals surface area contributed by atoms with Gasteiger partial charge in [-0.2, -0.15) is 0 Å². The lowest BCUT2D eigenvalue weighted by Crippen LogP contribution is -2.52. The molecule has 0 radical (unpaired) electrons. The van der Waals surface area contributed by atoms with E-state index in [1.54, 1.807) is 6.33 Å². The maximum absolute atomic E-state index is 13.3. The summed E-state index contributed by atoms with van der Waals surface area (Å²) in [6.45, 7) is 5.93. The molecule has 11 heteroatoms. The molecule has 1 fully saturated rings. The zero-order valence-corrected chi connectivity index (χ0v) is 25.9. The Balaban J connectivity index is 1.32. The van der Waals surface area contributed by atoms with Gasteiger partial charge in [0.05, 0.1) is 6.54 Å². The minimum atomic E-state index is -0.544. The van der Waals surface area contributed by atoms with Crippen LogP contribution < -0.4 is 21.3 Å². The van der Waals surface area contributed by atoms with Crippen LogP contribution in [-0.2, 0) is 22.6 Å². The van der Waals surface area contributed by atoms with Crippen LogP contribution in [0, 0.1) is 0 Å². The lowest BCUT2D eigenvalue weighted by Gasteiger charge is -2.34. The van der Waals surface area contributed by atoms with E-state index in [0.717, 1.165) is 69.0 Å². The molecule has 0 aliphatic carbocycles. The lowest BCUT2D eigenvalue weighted by atomic mass is 10.1. The number of fused-ring (bicyclic) bond motifs is 9. The van der Waals surface area contributed by atoms with Gasteiger partial charge in [-0.3, -0.25) is 19.4 Å². The monoisotopic (exact) mass is 599 g/mol. The molecule has 6 rings (SSSR count). The van der Waals surface area contributed by atoms with Crippen LogP contribution in [0.3, 0.4) is 0 Å². The Labute approximate surface area is 260 Å². The number of amides is 2. The molecule has 0 saturated carbocycles.